The second-order valence-electron chi connectivity index (χ2n) is 11.5. The Hall–Kier alpha value is -0.380. The van der Waals surface area contributed by atoms with Gasteiger partial charge in [-0.05, 0) is 112 Å². The monoisotopic (exact) mass is 406 g/mol. The highest BCUT2D eigenvalue weighted by Crippen LogP contribution is 2.61. The van der Waals surface area contributed by atoms with Gasteiger partial charge in [0.05, 0.1) is 5.75 Å². The molecule has 7 saturated carbocycles. The van der Waals surface area contributed by atoms with Crippen LogP contribution in [0.3, 0.4) is 0 Å². The molecule has 28 heavy (non-hydrogen) atoms. The van der Waals surface area contributed by atoms with Gasteiger partial charge in [0.1, 0.15) is 15.6 Å². The molecule has 0 radical (unpaired) electrons. The second kappa shape index (κ2) is 6.82. The molecule has 7 rings (SSSR count). The van der Waals surface area contributed by atoms with Gasteiger partial charge in [-0.15, -0.1) is 0 Å². The first-order valence-electron chi connectivity index (χ1n) is 12.1. The van der Waals surface area contributed by atoms with Crippen LogP contribution in [0, 0.1) is 40.4 Å². The Bertz CT molecular complexity index is 684. The maximum atomic E-state index is 13.5. The highest BCUT2D eigenvalue weighted by molar-refractivity contribution is 7.91. The van der Waals surface area contributed by atoms with E-state index in [0.29, 0.717) is 17.5 Å². The molecule has 0 heterocycles. The number of hydrogen-bond donors (Lipinski definition) is 0. The van der Waals surface area contributed by atoms with Gasteiger partial charge < -0.3 is 0 Å². The summed E-state index contributed by atoms with van der Waals surface area (Å²) < 4.78 is 23.9. The first-order valence-corrected chi connectivity index (χ1v) is 13.9. The van der Waals surface area contributed by atoms with Crippen LogP contribution >= 0.6 is 0 Å². The first-order chi connectivity index (χ1) is 13.3. The summed E-state index contributed by atoms with van der Waals surface area (Å²) in [4.78, 5) is 13.5. The molecule has 0 atom stereocenters. The quantitative estimate of drug-likeness (QED) is 0.585. The summed E-state index contributed by atoms with van der Waals surface area (Å²) in [6.45, 7) is 1.75. The van der Waals surface area contributed by atoms with Crippen molar-refractivity contribution in [2.75, 3.05) is 11.5 Å². The van der Waals surface area contributed by atoms with Crippen molar-refractivity contribution >= 4 is 15.6 Å². The Labute approximate surface area is 171 Å². The summed E-state index contributed by atoms with van der Waals surface area (Å²) in [6, 6.07) is 0. The Morgan fingerprint density at radius 2 is 1.39 bits per heavy atom. The first kappa shape index (κ1) is 19.6. The largest absolute Gasteiger partial charge is 0.299 e. The van der Waals surface area contributed by atoms with Gasteiger partial charge in [-0.2, -0.15) is 0 Å². The maximum absolute atomic E-state index is 13.5. The molecule has 6 bridgehead atoms. The fraction of sp³-hybridized carbons (Fsp3) is 0.958. The molecule has 0 amide bonds. The van der Waals surface area contributed by atoms with Crippen molar-refractivity contribution in [3.63, 3.8) is 0 Å². The normalized spacial score (nSPS) is 46.8. The molecule has 0 saturated heterocycles. The van der Waals surface area contributed by atoms with Crippen LogP contribution in [-0.2, 0) is 14.6 Å². The minimum absolute atomic E-state index is 0.0416. The van der Waals surface area contributed by atoms with Crippen molar-refractivity contribution in [2.45, 2.75) is 90.4 Å². The van der Waals surface area contributed by atoms with Crippen molar-refractivity contribution in [3.8, 4) is 0 Å². The van der Waals surface area contributed by atoms with Gasteiger partial charge in [-0.3, -0.25) is 4.79 Å². The molecular formula is C24H38O3S. The molecule has 7 fully saturated rings. The summed E-state index contributed by atoms with van der Waals surface area (Å²) in [5.74, 6) is 5.56. The zero-order chi connectivity index (χ0) is 19.6. The van der Waals surface area contributed by atoms with Crippen LogP contribution in [0.15, 0.2) is 0 Å². The predicted octanol–water partition coefficient (Wildman–Crippen LogP) is 5.18. The molecule has 0 aromatic heterocycles. The number of sulfone groups is 1. The SMILES string of the molecule is CCS(=O)(=O)CCC12CCC(C(=O)CC3C4CC5CC(C4)CC3C5)(CC1)CC2. The molecule has 158 valence electrons. The van der Waals surface area contributed by atoms with E-state index in [2.05, 4.69) is 0 Å². The lowest BCUT2D eigenvalue weighted by atomic mass is 9.48. The Morgan fingerprint density at radius 3 is 1.89 bits per heavy atom. The van der Waals surface area contributed by atoms with Gasteiger partial charge >= 0.3 is 0 Å². The molecule has 7 aliphatic carbocycles. The van der Waals surface area contributed by atoms with Gasteiger partial charge in [-0.1, -0.05) is 6.92 Å². The topological polar surface area (TPSA) is 51.2 Å². The lowest BCUT2D eigenvalue weighted by Gasteiger charge is -2.56. The summed E-state index contributed by atoms with van der Waals surface area (Å²) >= 11 is 0. The number of carbonyl (C=O) groups is 1. The van der Waals surface area contributed by atoms with E-state index < -0.39 is 9.84 Å². The lowest BCUT2D eigenvalue weighted by molar-refractivity contribution is -0.143. The maximum Gasteiger partial charge on any atom is 0.150 e. The van der Waals surface area contributed by atoms with E-state index in [-0.39, 0.29) is 16.6 Å². The van der Waals surface area contributed by atoms with E-state index in [4.69, 9.17) is 0 Å². The van der Waals surface area contributed by atoms with Crippen molar-refractivity contribution < 1.29 is 13.2 Å². The summed E-state index contributed by atoms with van der Waals surface area (Å²) in [7, 11) is -2.88. The minimum atomic E-state index is -2.88. The number of ketones is 1. The third kappa shape index (κ3) is 3.30. The van der Waals surface area contributed by atoms with E-state index in [1.165, 1.54) is 32.1 Å². The molecular weight excluding hydrogens is 368 g/mol. The highest BCUT2D eigenvalue weighted by atomic mass is 32.2. The van der Waals surface area contributed by atoms with Gasteiger partial charge in [0.2, 0.25) is 0 Å². The minimum Gasteiger partial charge on any atom is -0.299 e. The van der Waals surface area contributed by atoms with Crippen molar-refractivity contribution in [2.24, 2.45) is 40.4 Å². The van der Waals surface area contributed by atoms with Crippen molar-refractivity contribution in [1.82, 2.24) is 0 Å². The fourth-order valence-electron chi connectivity index (χ4n) is 8.37. The second-order valence-corrected chi connectivity index (χ2v) is 14.0. The number of carbonyl (C=O) groups excluding carboxylic acids is 1. The zero-order valence-electron chi connectivity index (χ0n) is 17.6. The van der Waals surface area contributed by atoms with Crippen LogP contribution in [0.1, 0.15) is 90.4 Å². The Morgan fingerprint density at radius 1 is 0.857 bits per heavy atom. The van der Waals surface area contributed by atoms with Crippen molar-refractivity contribution in [3.05, 3.63) is 0 Å². The smallest absolute Gasteiger partial charge is 0.150 e. The molecule has 0 aromatic rings. The molecule has 4 heteroatoms. The van der Waals surface area contributed by atoms with Gasteiger partial charge in [0, 0.05) is 17.6 Å². The van der Waals surface area contributed by atoms with E-state index in [1.54, 1.807) is 6.92 Å². The van der Waals surface area contributed by atoms with E-state index in [1.807, 2.05) is 0 Å². The van der Waals surface area contributed by atoms with E-state index in [0.717, 1.165) is 75.0 Å². The summed E-state index contributed by atoms with van der Waals surface area (Å²) in [6.07, 6.45) is 15.2. The Kier molecular flexibility index (Phi) is 4.77. The van der Waals surface area contributed by atoms with E-state index in [9.17, 15) is 13.2 Å². The molecule has 0 unspecified atom stereocenters. The Balaban J connectivity index is 1.21. The van der Waals surface area contributed by atoms with Gasteiger partial charge in [-0.25, -0.2) is 8.42 Å². The summed E-state index contributed by atoms with van der Waals surface area (Å²) in [5, 5.41) is 0. The summed E-state index contributed by atoms with van der Waals surface area (Å²) in [5.41, 5.74) is 0.174. The van der Waals surface area contributed by atoms with Crippen LogP contribution in [-0.4, -0.2) is 25.7 Å². The average molecular weight is 407 g/mol. The third-order valence-electron chi connectivity index (χ3n) is 10.2. The van der Waals surface area contributed by atoms with Gasteiger partial charge in [0.25, 0.3) is 0 Å². The average Bonchev–Trinajstić information content (AvgIpc) is 2.70. The molecule has 0 aromatic carbocycles. The van der Waals surface area contributed by atoms with Crippen LogP contribution < -0.4 is 0 Å². The lowest BCUT2D eigenvalue weighted by Crippen LogP contribution is -2.49. The number of rotatable bonds is 7. The third-order valence-corrected chi connectivity index (χ3v) is 11.9. The fourth-order valence-corrected chi connectivity index (χ4v) is 9.41. The molecule has 0 N–H and O–H groups in total. The standard InChI is InChI=1S/C24H38O3S/c1-2-28(26,27)10-9-23-3-6-24(7-4-23,8-5-23)22(25)16-21-19-12-17-11-18(14-19)15-20(21)13-17/h17-21H,2-16H2,1H3. The molecule has 3 nitrogen and oxygen atoms in total. The van der Waals surface area contributed by atoms with Crippen LogP contribution in [0.2, 0.25) is 0 Å². The van der Waals surface area contributed by atoms with Gasteiger partial charge in [0.15, 0.2) is 0 Å². The van der Waals surface area contributed by atoms with Crippen LogP contribution in [0.25, 0.3) is 0 Å². The zero-order valence-corrected chi connectivity index (χ0v) is 18.4. The number of Topliss-reactive ketones (excluding diaryl/α,β-unsaturated/α-hetero) is 1. The highest BCUT2D eigenvalue weighted by Gasteiger charge is 2.54. The molecule has 0 spiro atoms. The predicted molar refractivity (Wildman–Crippen MR) is 112 cm³/mol. The van der Waals surface area contributed by atoms with E-state index >= 15 is 0 Å². The number of hydrogen-bond acceptors (Lipinski definition) is 3. The van der Waals surface area contributed by atoms with Crippen molar-refractivity contribution in [1.29, 1.82) is 0 Å². The van der Waals surface area contributed by atoms with Crippen LogP contribution in [0.5, 0.6) is 0 Å². The number of fused-ring (bicyclic) bond motifs is 3. The molecule has 0 aliphatic heterocycles. The molecule has 7 aliphatic rings. The van der Waals surface area contributed by atoms with Crippen LogP contribution in [0.4, 0.5) is 0 Å².